The number of rotatable bonds is 3. The van der Waals surface area contributed by atoms with E-state index >= 15 is 0 Å². The van der Waals surface area contributed by atoms with Gasteiger partial charge in [0.25, 0.3) is 5.91 Å². The van der Waals surface area contributed by atoms with Gasteiger partial charge in [-0.2, -0.15) is 0 Å². The Labute approximate surface area is 145 Å². The molecule has 0 spiro atoms. The van der Waals surface area contributed by atoms with Gasteiger partial charge in [-0.05, 0) is 28.7 Å². The number of carbonyl (C=O) groups excluding carboxylic acids is 2. The van der Waals surface area contributed by atoms with E-state index in [1.54, 1.807) is 6.07 Å². The molecule has 3 heterocycles. The Balaban J connectivity index is 2.10. The number of hydrogen-bond acceptors (Lipinski definition) is 4. The van der Waals surface area contributed by atoms with E-state index in [1.807, 2.05) is 22.6 Å². The minimum Gasteiger partial charge on any atom is -0.469 e. The summed E-state index contributed by atoms with van der Waals surface area (Å²) in [4.78, 5) is 30.6. The summed E-state index contributed by atoms with van der Waals surface area (Å²) in [6.45, 7) is 0.329. The van der Waals surface area contributed by atoms with Crippen LogP contribution >= 0.6 is 22.6 Å². The van der Waals surface area contributed by atoms with E-state index < -0.39 is 5.82 Å². The quantitative estimate of drug-likeness (QED) is 0.579. The monoisotopic (exact) mass is 429 g/mol. The number of nitrogens with zero attached hydrogens (tertiary/aromatic N) is 1. The molecule has 6 nitrogen and oxygen atoms in total. The second kappa shape index (κ2) is 6.26. The predicted molar refractivity (Wildman–Crippen MR) is 88.4 cm³/mol. The SMILES string of the molecule is COC(=O)CC1CNC(=O)c2c1[nH]c(-c1ccncc1F)c2I. The zero-order chi connectivity index (χ0) is 16.6. The van der Waals surface area contributed by atoms with Gasteiger partial charge in [-0.1, -0.05) is 0 Å². The molecule has 0 fully saturated rings. The average molecular weight is 429 g/mol. The fourth-order valence-corrected chi connectivity index (χ4v) is 3.61. The fourth-order valence-electron chi connectivity index (χ4n) is 2.65. The maximum Gasteiger partial charge on any atom is 0.306 e. The lowest BCUT2D eigenvalue weighted by Gasteiger charge is -2.22. The summed E-state index contributed by atoms with van der Waals surface area (Å²) in [5.74, 6) is -1.31. The molecule has 1 atom stereocenters. The molecule has 0 saturated heterocycles. The Morgan fingerprint density at radius 2 is 2.35 bits per heavy atom. The number of aromatic nitrogens is 2. The molecule has 2 aromatic rings. The summed E-state index contributed by atoms with van der Waals surface area (Å²) in [5.41, 5.74) is 1.94. The molecule has 2 N–H and O–H groups in total. The van der Waals surface area contributed by atoms with E-state index in [9.17, 15) is 14.0 Å². The van der Waals surface area contributed by atoms with Crippen LogP contribution in [0.4, 0.5) is 4.39 Å². The number of H-pyrrole nitrogens is 1. The van der Waals surface area contributed by atoms with E-state index in [4.69, 9.17) is 4.74 Å². The number of carbonyl (C=O) groups is 2. The lowest BCUT2D eigenvalue weighted by molar-refractivity contribution is -0.141. The van der Waals surface area contributed by atoms with Crippen molar-refractivity contribution in [1.29, 1.82) is 0 Å². The highest BCUT2D eigenvalue weighted by molar-refractivity contribution is 14.1. The van der Waals surface area contributed by atoms with E-state index in [2.05, 4.69) is 15.3 Å². The number of nitrogens with one attached hydrogen (secondary N) is 2. The van der Waals surface area contributed by atoms with Crippen molar-refractivity contribution in [2.75, 3.05) is 13.7 Å². The Hall–Kier alpha value is -1.97. The molecule has 0 radical (unpaired) electrons. The van der Waals surface area contributed by atoms with Crippen molar-refractivity contribution in [1.82, 2.24) is 15.3 Å². The highest BCUT2D eigenvalue weighted by Gasteiger charge is 2.33. The highest BCUT2D eigenvalue weighted by atomic mass is 127. The lowest BCUT2D eigenvalue weighted by Crippen LogP contribution is -2.36. The second-order valence-electron chi connectivity index (χ2n) is 5.15. The number of esters is 1. The van der Waals surface area contributed by atoms with Gasteiger partial charge in [-0.25, -0.2) is 4.39 Å². The van der Waals surface area contributed by atoms with Gasteiger partial charge in [0, 0.05) is 29.9 Å². The van der Waals surface area contributed by atoms with Crippen molar-refractivity contribution in [2.45, 2.75) is 12.3 Å². The van der Waals surface area contributed by atoms with Gasteiger partial charge in [0.15, 0.2) is 5.82 Å². The van der Waals surface area contributed by atoms with Crippen LogP contribution in [0.25, 0.3) is 11.3 Å². The molecule has 8 heteroatoms. The van der Waals surface area contributed by atoms with Crippen LogP contribution in [0.2, 0.25) is 0 Å². The van der Waals surface area contributed by atoms with Crippen LogP contribution in [0.15, 0.2) is 18.5 Å². The minimum atomic E-state index is -0.478. The standard InChI is InChI=1S/C15H13FIN3O3/c1-23-10(21)4-7-5-19-15(22)11-12(17)14(20-13(7)11)8-2-3-18-6-9(8)16/h2-3,6-7,20H,4-5H2,1H3,(H,19,22). The Kier molecular flexibility index (Phi) is 4.33. The van der Waals surface area contributed by atoms with Crippen molar-refractivity contribution in [3.05, 3.63) is 39.1 Å². The van der Waals surface area contributed by atoms with Crippen molar-refractivity contribution in [3.63, 3.8) is 0 Å². The summed E-state index contributed by atoms with van der Waals surface area (Å²) in [6, 6.07) is 1.54. The number of methoxy groups -OCH3 is 1. The van der Waals surface area contributed by atoms with Gasteiger partial charge in [0.2, 0.25) is 0 Å². The van der Waals surface area contributed by atoms with Crippen LogP contribution in [-0.4, -0.2) is 35.5 Å². The summed E-state index contributed by atoms with van der Waals surface area (Å²) in [6.07, 6.45) is 2.75. The Morgan fingerprint density at radius 3 is 3.04 bits per heavy atom. The van der Waals surface area contributed by atoms with E-state index in [1.165, 1.54) is 13.3 Å². The molecule has 1 aliphatic rings. The predicted octanol–water partition coefficient (Wildman–Crippen LogP) is 2.21. The van der Waals surface area contributed by atoms with E-state index in [0.717, 1.165) is 6.20 Å². The molecule has 1 amide bonds. The third-order valence-corrected chi connectivity index (χ3v) is 4.87. The summed E-state index contributed by atoms with van der Waals surface area (Å²) in [7, 11) is 1.32. The van der Waals surface area contributed by atoms with Gasteiger partial charge < -0.3 is 15.0 Å². The minimum absolute atomic E-state index is 0.138. The first-order valence-electron chi connectivity index (χ1n) is 6.89. The zero-order valence-electron chi connectivity index (χ0n) is 12.2. The number of hydrogen-bond donors (Lipinski definition) is 2. The Morgan fingerprint density at radius 1 is 1.57 bits per heavy atom. The average Bonchev–Trinajstić information content (AvgIpc) is 2.89. The molecule has 2 aromatic heterocycles. The van der Waals surface area contributed by atoms with Crippen LogP contribution in [0, 0.1) is 9.39 Å². The fraction of sp³-hybridized carbons (Fsp3) is 0.267. The van der Waals surface area contributed by atoms with E-state index in [0.29, 0.717) is 32.6 Å². The van der Waals surface area contributed by atoms with Gasteiger partial charge in [-0.3, -0.25) is 14.6 Å². The second-order valence-corrected chi connectivity index (χ2v) is 6.22. The number of amides is 1. The number of halogens is 2. The van der Waals surface area contributed by atoms with Crippen molar-refractivity contribution in [2.24, 2.45) is 0 Å². The first kappa shape index (κ1) is 15.9. The third-order valence-electron chi connectivity index (χ3n) is 3.79. The molecular formula is C15H13FIN3O3. The van der Waals surface area contributed by atoms with Crippen LogP contribution in [0.3, 0.4) is 0 Å². The normalized spacial score (nSPS) is 16.7. The number of ether oxygens (including phenoxy) is 1. The molecule has 0 aromatic carbocycles. The molecule has 23 heavy (non-hydrogen) atoms. The molecule has 1 unspecified atom stereocenters. The van der Waals surface area contributed by atoms with Gasteiger partial charge in [0.05, 0.1) is 34.6 Å². The van der Waals surface area contributed by atoms with Crippen molar-refractivity contribution >= 4 is 34.5 Å². The van der Waals surface area contributed by atoms with Crippen molar-refractivity contribution in [3.8, 4) is 11.3 Å². The third kappa shape index (κ3) is 2.82. The van der Waals surface area contributed by atoms with Crippen LogP contribution < -0.4 is 5.32 Å². The number of pyridine rings is 1. The molecule has 120 valence electrons. The molecule has 3 rings (SSSR count). The number of fused-ring (bicyclic) bond motifs is 1. The summed E-state index contributed by atoms with van der Waals surface area (Å²) >= 11 is 2.01. The number of aromatic amines is 1. The van der Waals surface area contributed by atoms with E-state index in [-0.39, 0.29) is 24.2 Å². The molecule has 0 bridgehead atoms. The summed E-state index contributed by atoms with van der Waals surface area (Å²) < 4.78 is 19.3. The molecule has 0 aliphatic carbocycles. The molecular weight excluding hydrogens is 416 g/mol. The van der Waals surface area contributed by atoms with Crippen LogP contribution in [-0.2, 0) is 9.53 Å². The smallest absolute Gasteiger partial charge is 0.306 e. The first-order chi connectivity index (χ1) is 11.0. The summed E-state index contributed by atoms with van der Waals surface area (Å²) in [5, 5.41) is 2.76. The lowest BCUT2D eigenvalue weighted by atomic mass is 9.94. The zero-order valence-corrected chi connectivity index (χ0v) is 14.3. The largest absolute Gasteiger partial charge is 0.469 e. The van der Waals surface area contributed by atoms with Crippen molar-refractivity contribution < 1.29 is 18.7 Å². The highest BCUT2D eigenvalue weighted by Crippen LogP contribution is 2.36. The molecule has 1 aliphatic heterocycles. The van der Waals surface area contributed by atoms with Crippen LogP contribution in [0.5, 0.6) is 0 Å². The topological polar surface area (TPSA) is 84.1 Å². The maximum atomic E-state index is 14.0. The molecule has 0 saturated carbocycles. The Bertz CT molecular complexity index is 790. The van der Waals surface area contributed by atoms with Crippen LogP contribution in [0.1, 0.15) is 28.4 Å². The first-order valence-corrected chi connectivity index (χ1v) is 7.97. The maximum absolute atomic E-state index is 14.0. The van der Waals surface area contributed by atoms with Gasteiger partial charge in [-0.15, -0.1) is 0 Å². The van der Waals surface area contributed by atoms with Gasteiger partial charge in [0.1, 0.15) is 0 Å². The van der Waals surface area contributed by atoms with Gasteiger partial charge >= 0.3 is 5.97 Å².